The molecule has 0 atom stereocenters. The molecule has 6 heteroatoms. The average Bonchev–Trinajstić information content (AvgIpc) is 3.24. The molecule has 6 nitrogen and oxygen atoms in total. The van der Waals surface area contributed by atoms with Crippen LogP contribution in [0.15, 0.2) is 57.8 Å². The first-order valence-corrected chi connectivity index (χ1v) is 7.01. The number of rotatable bonds is 8. The Balaban J connectivity index is 1.55. The number of carbonyl (C=O) groups excluding carboxylic acids is 2. The second-order valence-electron chi connectivity index (χ2n) is 4.39. The van der Waals surface area contributed by atoms with Crippen molar-refractivity contribution in [3.63, 3.8) is 0 Å². The molecule has 120 valence electrons. The zero-order valence-corrected chi connectivity index (χ0v) is 12.3. The summed E-state index contributed by atoms with van der Waals surface area (Å²) < 4.78 is 20.0. The van der Waals surface area contributed by atoms with Crippen molar-refractivity contribution in [1.82, 2.24) is 0 Å². The van der Waals surface area contributed by atoms with Crippen molar-refractivity contribution in [3.8, 4) is 0 Å². The van der Waals surface area contributed by atoms with Gasteiger partial charge in [-0.25, -0.2) is 9.59 Å². The number of hydrogen-bond acceptors (Lipinski definition) is 6. The Morgan fingerprint density at radius 1 is 0.870 bits per heavy atom. The normalized spacial score (nSPS) is 11.1. The summed E-state index contributed by atoms with van der Waals surface area (Å²) in [5, 5.41) is 0. The zero-order valence-electron chi connectivity index (χ0n) is 12.3. The van der Waals surface area contributed by atoms with E-state index in [1.54, 1.807) is 24.3 Å². The third-order valence-corrected chi connectivity index (χ3v) is 2.63. The van der Waals surface area contributed by atoms with Gasteiger partial charge in [0, 0.05) is 18.6 Å². The molecule has 0 fully saturated rings. The Bertz CT molecular complexity index is 591. The Morgan fingerprint density at radius 3 is 1.74 bits per heavy atom. The molecular weight excluding hydrogens is 300 g/mol. The molecular formula is C17H16O6. The van der Waals surface area contributed by atoms with Crippen LogP contribution in [-0.4, -0.2) is 25.2 Å². The molecule has 0 spiro atoms. The van der Waals surface area contributed by atoms with Gasteiger partial charge < -0.3 is 18.3 Å². The first-order valence-electron chi connectivity index (χ1n) is 7.01. The van der Waals surface area contributed by atoms with Crippen LogP contribution in [0, 0.1) is 0 Å². The number of carbonyl (C=O) groups is 2. The first-order chi connectivity index (χ1) is 11.2. The smallest absolute Gasteiger partial charge is 0.330 e. The van der Waals surface area contributed by atoms with E-state index in [2.05, 4.69) is 0 Å². The van der Waals surface area contributed by atoms with Crippen LogP contribution in [0.5, 0.6) is 0 Å². The number of ether oxygens (including phenoxy) is 2. The first kappa shape index (κ1) is 16.4. The maximum atomic E-state index is 11.4. The highest BCUT2D eigenvalue weighted by atomic mass is 16.5. The third-order valence-electron chi connectivity index (χ3n) is 2.63. The Morgan fingerprint density at radius 2 is 1.35 bits per heavy atom. The molecule has 0 aromatic carbocycles. The van der Waals surface area contributed by atoms with Crippen molar-refractivity contribution in [1.29, 1.82) is 0 Å². The van der Waals surface area contributed by atoms with Crippen molar-refractivity contribution in [2.45, 2.75) is 6.42 Å². The van der Waals surface area contributed by atoms with Crippen LogP contribution in [0.2, 0.25) is 0 Å². The highest BCUT2D eigenvalue weighted by Crippen LogP contribution is 2.03. The van der Waals surface area contributed by atoms with Crippen molar-refractivity contribution in [2.75, 3.05) is 13.2 Å². The summed E-state index contributed by atoms with van der Waals surface area (Å²) in [7, 11) is 0. The maximum Gasteiger partial charge on any atom is 0.330 e. The minimum atomic E-state index is -0.481. The molecule has 0 aliphatic heterocycles. The fraction of sp³-hybridized carbons (Fsp3) is 0.176. The predicted molar refractivity (Wildman–Crippen MR) is 82.0 cm³/mol. The monoisotopic (exact) mass is 316 g/mol. The molecule has 2 rings (SSSR count). The standard InChI is InChI=1S/C17H16O6/c18-16(8-6-14-4-1-10-20-14)22-12-3-13-23-17(19)9-7-15-5-2-11-21-15/h1-2,4-11H,3,12-13H2. The third kappa shape index (κ3) is 6.52. The summed E-state index contributed by atoms with van der Waals surface area (Å²) in [6, 6.07) is 6.89. The van der Waals surface area contributed by atoms with Crippen LogP contribution in [0.25, 0.3) is 12.2 Å². The molecule has 0 saturated carbocycles. The SMILES string of the molecule is O=C(C=Cc1ccco1)OCCCOC(=O)C=Cc1ccco1. The fourth-order valence-corrected chi connectivity index (χ4v) is 1.57. The lowest BCUT2D eigenvalue weighted by Gasteiger charge is -2.02. The summed E-state index contributed by atoms with van der Waals surface area (Å²) >= 11 is 0. The van der Waals surface area contributed by atoms with E-state index in [0.29, 0.717) is 17.9 Å². The van der Waals surface area contributed by atoms with Gasteiger partial charge >= 0.3 is 11.9 Å². The van der Waals surface area contributed by atoms with Crippen LogP contribution in [0.4, 0.5) is 0 Å². The molecule has 0 bridgehead atoms. The van der Waals surface area contributed by atoms with Gasteiger partial charge in [0.25, 0.3) is 0 Å². The van der Waals surface area contributed by atoms with Crippen LogP contribution < -0.4 is 0 Å². The van der Waals surface area contributed by atoms with Crippen LogP contribution in [0.3, 0.4) is 0 Å². The van der Waals surface area contributed by atoms with Crippen LogP contribution in [0.1, 0.15) is 17.9 Å². The van der Waals surface area contributed by atoms with E-state index in [1.807, 2.05) is 0 Å². The summed E-state index contributed by atoms with van der Waals surface area (Å²) in [6.45, 7) is 0.326. The van der Waals surface area contributed by atoms with Crippen molar-refractivity contribution >= 4 is 24.1 Å². The van der Waals surface area contributed by atoms with Gasteiger partial charge in [0.05, 0.1) is 25.7 Å². The van der Waals surface area contributed by atoms with Gasteiger partial charge in [0.2, 0.25) is 0 Å². The predicted octanol–water partition coefficient (Wildman–Crippen LogP) is 3.08. The number of hydrogen-bond donors (Lipinski definition) is 0. The molecule has 2 aromatic heterocycles. The second kappa shape index (κ2) is 9.09. The van der Waals surface area contributed by atoms with E-state index in [0.717, 1.165) is 0 Å². The minimum Gasteiger partial charge on any atom is -0.465 e. The average molecular weight is 316 g/mol. The Labute approximate surface area is 133 Å². The van der Waals surface area contributed by atoms with Gasteiger partial charge in [0.1, 0.15) is 11.5 Å². The largest absolute Gasteiger partial charge is 0.465 e. The summed E-state index contributed by atoms with van der Waals surface area (Å²) in [4.78, 5) is 22.8. The van der Waals surface area contributed by atoms with E-state index in [1.165, 1.54) is 36.8 Å². The lowest BCUT2D eigenvalue weighted by Crippen LogP contribution is -2.08. The molecule has 0 N–H and O–H groups in total. The molecule has 0 saturated heterocycles. The molecule has 2 aromatic rings. The second-order valence-corrected chi connectivity index (χ2v) is 4.39. The zero-order chi connectivity index (χ0) is 16.3. The van der Waals surface area contributed by atoms with Crippen LogP contribution in [-0.2, 0) is 19.1 Å². The molecule has 0 amide bonds. The van der Waals surface area contributed by atoms with E-state index in [4.69, 9.17) is 18.3 Å². The lowest BCUT2D eigenvalue weighted by atomic mass is 10.4. The van der Waals surface area contributed by atoms with E-state index in [-0.39, 0.29) is 13.2 Å². The highest BCUT2D eigenvalue weighted by Gasteiger charge is 2.00. The molecule has 0 unspecified atom stereocenters. The van der Waals surface area contributed by atoms with E-state index < -0.39 is 11.9 Å². The Kier molecular flexibility index (Phi) is 6.46. The van der Waals surface area contributed by atoms with Crippen molar-refractivity contribution in [3.05, 3.63) is 60.5 Å². The topological polar surface area (TPSA) is 78.9 Å². The van der Waals surface area contributed by atoms with E-state index in [9.17, 15) is 9.59 Å². The van der Waals surface area contributed by atoms with Gasteiger partial charge in [-0.15, -0.1) is 0 Å². The molecule has 0 aliphatic carbocycles. The molecule has 0 aliphatic rings. The van der Waals surface area contributed by atoms with Gasteiger partial charge in [-0.1, -0.05) is 0 Å². The van der Waals surface area contributed by atoms with Gasteiger partial charge in [-0.3, -0.25) is 0 Å². The number of furan rings is 2. The lowest BCUT2D eigenvalue weighted by molar-refractivity contribution is -0.140. The van der Waals surface area contributed by atoms with Gasteiger partial charge in [0.15, 0.2) is 0 Å². The number of esters is 2. The molecule has 0 radical (unpaired) electrons. The molecule has 2 heterocycles. The maximum absolute atomic E-state index is 11.4. The Hall–Kier alpha value is -3.02. The van der Waals surface area contributed by atoms with E-state index >= 15 is 0 Å². The fourth-order valence-electron chi connectivity index (χ4n) is 1.57. The highest BCUT2D eigenvalue weighted by molar-refractivity contribution is 5.87. The van der Waals surface area contributed by atoms with Gasteiger partial charge in [-0.05, 0) is 36.4 Å². The summed E-state index contributed by atoms with van der Waals surface area (Å²) in [5.74, 6) is 0.175. The summed E-state index contributed by atoms with van der Waals surface area (Å²) in [6.07, 6.45) is 9.03. The van der Waals surface area contributed by atoms with Crippen LogP contribution >= 0.6 is 0 Å². The van der Waals surface area contributed by atoms with Crippen molar-refractivity contribution in [2.24, 2.45) is 0 Å². The quantitative estimate of drug-likeness (QED) is 0.423. The molecule has 23 heavy (non-hydrogen) atoms. The summed E-state index contributed by atoms with van der Waals surface area (Å²) in [5.41, 5.74) is 0. The van der Waals surface area contributed by atoms with Crippen molar-refractivity contribution < 1.29 is 27.9 Å². The minimum absolute atomic E-state index is 0.163. The van der Waals surface area contributed by atoms with Gasteiger partial charge in [-0.2, -0.15) is 0 Å².